The minimum absolute atomic E-state index is 0.599. The fraction of sp³-hybridized carbons (Fsp3) is 0.188. The number of anilines is 3. The highest BCUT2D eigenvalue weighted by Gasteiger charge is 2.15. The number of aromatic nitrogens is 1. The molecule has 0 saturated heterocycles. The summed E-state index contributed by atoms with van der Waals surface area (Å²) in [6.45, 7) is 4.95. The van der Waals surface area contributed by atoms with Crippen LogP contribution >= 0.6 is 0 Å². The van der Waals surface area contributed by atoms with Gasteiger partial charge in [-0.1, -0.05) is 18.2 Å². The molecule has 0 saturated carbocycles. The fourth-order valence-corrected chi connectivity index (χ4v) is 2.32. The number of nitrogen functional groups attached to an aromatic ring is 1. The minimum atomic E-state index is 0.599. The SMILES string of the molecule is CCN(c1nc2cc(N)ccc2o1)c1ccccc1C. The molecular formula is C16H17N3O. The largest absolute Gasteiger partial charge is 0.423 e. The molecule has 0 fully saturated rings. The van der Waals surface area contributed by atoms with Gasteiger partial charge < -0.3 is 10.2 Å². The highest BCUT2D eigenvalue weighted by atomic mass is 16.4. The summed E-state index contributed by atoms with van der Waals surface area (Å²) in [5, 5.41) is 0. The maximum atomic E-state index is 5.84. The lowest BCUT2D eigenvalue weighted by Gasteiger charge is -2.20. The van der Waals surface area contributed by atoms with Gasteiger partial charge in [-0.2, -0.15) is 4.98 Å². The van der Waals surface area contributed by atoms with Gasteiger partial charge in [-0.15, -0.1) is 0 Å². The van der Waals surface area contributed by atoms with Crippen LogP contribution in [0.2, 0.25) is 0 Å². The Bertz CT molecular complexity index is 748. The summed E-state index contributed by atoms with van der Waals surface area (Å²) >= 11 is 0. The van der Waals surface area contributed by atoms with Gasteiger partial charge in [0.15, 0.2) is 5.58 Å². The van der Waals surface area contributed by atoms with Crippen molar-refractivity contribution < 1.29 is 4.42 Å². The van der Waals surface area contributed by atoms with Crippen molar-refractivity contribution in [2.45, 2.75) is 13.8 Å². The van der Waals surface area contributed by atoms with E-state index in [1.165, 1.54) is 5.56 Å². The average molecular weight is 267 g/mol. The Kier molecular flexibility index (Phi) is 3.06. The van der Waals surface area contributed by atoms with E-state index < -0.39 is 0 Å². The third-order valence-electron chi connectivity index (χ3n) is 3.35. The number of oxazole rings is 1. The first-order valence-corrected chi connectivity index (χ1v) is 6.68. The van der Waals surface area contributed by atoms with Crippen molar-refractivity contribution in [3.05, 3.63) is 48.0 Å². The van der Waals surface area contributed by atoms with Crippen LogP contribution in [0.25, 0.3) is 11.1 Å². The van der Waals surface area contributed by atoms with Crippen LogP contribution in [0.3, 0.4) is 0 Å². The van der Waals surface area contributed by atoms with Gasteiger partial charge in [0.2, 0.25) is 0 Å². The number of fused-ring (bicyclic) bond motifs is 1. The molecular weight excluding hydrogens is 250 g/mol. The molecule has 4 nitrogen and oxygen atoms in total. The summed E-state index contributed by atoms with van der Waals surface area (Å²) in [5.41, 5.74) is 10.3. The van der Waals surface area contributed by atoms with E-state index in [1.54, 1.807) is 0 Å². The van der Waals surface area contributed by atoms with Crippen molar-refractivity contribution in [3.63, 3.8) is 0 Å². The number of aryl methyl sites for hydroxylation is 1. The van der Waals surface area contributed by atoms with Crippen molar-refractivity contribution in [1.82, 2.24) is 4.98 Å². The van der Waals surface area contributed by atoms with E-state index in [1.807, 2.05) is 30.3 Å². The van der Waals surface area contributed by atoms with Crippen molar-refractivity contribution in [3.8, 4) is 0 Å². The summed E-state index contributed by atoms with van der Waals surface area (Å²) in [5.74, 6) is 0. The van der Waals surface area contributed by atoms with Crippen molar-refractivity contribution in [1.29, 1.82) is 0 Å². The van der Waals surface area contributed by atoms with Crippen molar-refractivity contribution >= 4 is 28.5 Å². The predicted molar refractivity (Wildman–Crippen MR) is 82.3 cm³/mol. The molecule has 0 atom stereocenters. The highest BCUT2D eigenvalue weighted by molar-refractivity contribution is 5.79. The van der Waals surface area contributed by atoms with E-state index in [2.05, 4.69) is 35.9 Å². The summed E-state index contributed by atoms with van der Waals surface area (Å²) in [4.78, 5) is 6.60. The van der Waals surface area contributed by atoms with Crippen molar-refractivity contribution in [2.24, 2.45) is 0 Å². The lowest BCUT2D eigenvalue weighted by molar-refractivity contribution is 0.595. The number of hydrogen-bond donors (Lipinski definition) is 1. The summed E-state index contributed by atoms with van der Waals surface area (Å²) in [6.07, 6.45) is 0. The molecule has 4 heteroatoms. The lowest BCUT2D eigenvalue weighted by atomic mass is 10.2. The first-order valence-electron chi connectivity index (χ1n) is 6.68. The predicted octanol–water partition coefficient (Wildman–Crippen LogP) is 3.88. The summed E-state index contributed by atoms with van der Waals surface area (Å²) in [7, 11) is 0. The van der Waals surface area contributed by atoms with E-state index in [0.29, 0.717) is 11.7 Å². The molecule has 0 amide bonds. The van der Waals surface area contributed by atoms with Crippen LogP contribution in [0.1, 0.15) is 12.5 Å². The third-order valence-corrected chi connectivity index (χ3v) is 3.35. The molecule has 0 aliphatic carbocycles. The molecule has 1 aromatic heterocycles. The zero-order chi connectivity index (χ0) is 14.1. The van der Waals surface area contributed by atoms with Gasteiger partial charge in [0.1, 0.15) is 5.52 Å². The Balaban J connectivity index is 2.10. The van der Waals surface area contributed by atoms with Gasteiger partial charge >= 0.3 is 6.01 Å². The number of hydrogen-bond acceptors (Lipinski definition) is 4. The molecule has 3 rings (SSSR count). The zero-order valence-electron chi connectivity index (χ0n) is 11.6. The Labute approximate surface area is 117 Å². The number of rotatable bonds is 3. The lowest BCUT2D eigenvalue weighted by Crippen LogP contribution is -2.17. The Morgan fingerprint density at radius 3 is 2.75 bits per heavy atom. The standard InChI is InChI=1S/C16H17N3O/c1-3-19(14-7-5-4-6-11(14)2)16-18-13-10-12(17)8-9-15(13)20-16/h4-10H,3,17H2,1-2H3. The van der Waals surface area contributed by atoms with Gasteiger partial charge in [-0.25, -0.2) is 0 Å². The Hall–Kier alpha value is -2.49. The van der Waals surface area contributed by atoms with E-state index in [4.69, 9.17) is 10.2 Å². The fourth-order valence-electron chi connectivity index (χ4n) is 2.32. The van der Waals surface area contributed by atoms with Crippen LogP contribution in [0.15, 0.2) is 46.9 Å². The molecule has 0 aliphatic rings. The average Bonchev–Trinajstić information content (AvgIpc) is 2.84. The van der Waals surface area contributed by atoms with Crippen LogP contribution in [0, 0.1) is 6.92 Å². The molecule has 0 unspecified atom stereocenters. The topological polar surface area (TPSA) is 55.3 Å². The monoisotopic (exact) mass is 267 g/mol. The second-order valence-corrected chi connectivity index (χ2v) is 4.75. The van der Waals surface area contributed by atoms with Crippen molar-refractivity contribution in [2.75, 3.05) is 17.2 Å². The first kappa shape index (κ1) is 12.5. The minimum Gasteiger partial charge on any atom is -0.423 e. The van der Waals surface area contributed by atoms with Gasteiger partial charge in [-0.05, 0) is 43.7 Å². The van der Waals surface area contributed by atoms with Crippen LogP contribution in [0.5, 0.6) is 0 Å². The maximum absolute atomic E-state index is 5.84. The first-order chi connectivity index (χ1) is 9.69. The summed E-state index contributed by atoms with van der Waals surface area (Å²) < 4.78 is 5.84. The molecule has 1 heterocycles. The Morgan fingerprint density at radius 1 is 1.20 bits per heavy atom. The second-order valence-electron chi connectivity index (χ2n) is 4.75. The van der Waals surface area contributed by atoms with Gasteiger partial charge in [-0.3, -0.25) is 4.90 Å². The smallest absolute Gasteiger partial charge is 0.302 e. The molecule has 0 spiro atoms. The van der Waals surface area contributed by atoms with Crippen LogP contribution < -0.4 is 10.6 Å². The number of benzene rings is 2. The highest BCUT2D eigenvalue weighted by Crippen LogP contribution is 2.30. The number of nitrogens with two attached hydrogens (primary N) is 1. The van der Waals surface area contributed by atoms with Gasteiger partial charge in [0.25, 0.3) is 0 Å². The molecule has 20 heavy (non-hydrogen) atoms. The van der Waals surface area contributed by atoms with E-state index >= 15 is 0 Å². The number of para-hydroxylation sites is 1. The number of nitrogens with zero attached hydrogens (tertiary/aromatic N) is 2. The molecule has 2 aromatic carbocycles. The zero-order valence-corrected chi connectivity index (χ0v) is 11.6. The van der Waals surface area contributed by atoms with E-state index in [9.17, 15) is 0 Å². The quantitative estimate of drug-likeness (QED) is 0.732. The Morgan fingerprint density at radius 2 is 2.00 bits per heavy atom. The molecule has 102 valence electrons. The van der Waals surface area contributed by atoms with Crippen LogP contribution in [-0.4, -0.2) is 11.5 Å². The maximum Gasteiger partial charge on any atom is 0.302 e. The van der Waals surface area contributed by atoms with Crippen LogP contribution in [0.4, 0.5) is 17.4 Å². The molecule has 0 bridgehead atoms. The normalized spacial score (nSPS) is 10.9. The van der Waals surface area contributed by atoms with Gasteiger partial charge in [0, 0.05) is 17.9 Å². The van der Waals surface area contributed by atoms with E-state index in [-0.39, 0.29) is 0 Å². The third kappa shape index (κ3) is 2.09. The van der Waals surface area contributed by atoms with E-state index in [0.717, 1.165) is 23.3 Å². The molecule has 3 aromatic rings. The van der Waals surface area contributed by atoms with Gasteiger partial charge in [0.05, 0.1) is 0 Å². The molecule has 0 radical (unpaired) electrons. The summed E-state index contributed by atoms with van der Waals surface area (Å²) in [6, 6.07) is 14.3. The molecule has 2 N–H and O–H groups in total. The second kappa shape index (κ2) is 4.89. The van der Waals surface area contributed by atoms with Crippen LogP contribution in [-0.2, 0) is 0 Å². The molecule has 0 aliphatic heterocycles.